The number of carbonyl (C=O) groups excluding carboxylic acids is 2. The molecule has 3 N–H and O–H groups in total. The van der Waals surface area contributed by atoms with Gasteiger partial charge in [-0.05, 0) is 25.2 Å². The van der Waals surface area contributed by atoms with E-state index in [2.05, 4.69) is 0 Å². The molecule has 2 atom stereocenters. The molecule has 0 aromatic heterocycles. The van der Waals surface area contributed by atoms with Crippen LogP contribution in [0.3, 0.4) is 0 Å². The zero-order valence-corrected chi connectivity index (χ0v) is 12.5. The van der Waals surface area contributed by atoms with Crippen LogP contribution in [0, 0.1) is 5.92 Å². The lowest BCUT2D eigenvalue weighted by molar-refractivity contribution is -0.138. The minimum atomic E-state index is -0.983. The van der Waals surface area contributed by atoms with E-state index in [0.29, 0.717) is 38.1 Å². The third-order valence-corrected chi connectivity index (χ3v) is 4.37. The van der Waals surface area contributed by atoms with Crippen molar-refractivity contribution in [3.05, 3.63) is 0 Å². The predicted molar refractivity (Wildman–Crippen MR) is 77.3 cm³/mol. The van der Waals surface area contributed by atoms with Gasteiger partial charge in [0, 0.05) is 32.2 Å². The van der Waals surface area contributed by atoms with Crippen molar-refractivity contribution in [1.29, 1.82) is 0 Å². The SMILES string of the molecule is CC(=O)SCC1CC(=O)N(CCCCC(N)C(=O)O)C1. The Kier molecular flexibility index (Phi) is 7.01. The molecule has 6 nitrogen and oxygen atoms in total. The van der Waals surface area contributed by atoms with Gasteiger partial charge in [-0.25, -0.2) is 0 Å². The monoisotopic (exact) mass is 302 g/mol. The van der Waals surface area contributed by atoms with Crippen molar-refractivity contribution in [2.75, 3.05) is 18.8 Å². The van der Waals surface area contributed by atoms with Crippen LogP contribution >= 0.6 is 11.8 Å². The summed E-state index contributed by atoms with van der Waals surface area (Å²) in [7, 11) is 0. The average Bonchev–Trinajstić information content (AvgIpc) is 2.72. The van der Waals surface area contributed by atoms with Crippen LogP contribution in [0.2, 0.25) is 0 Å². The van der Waals surface area contributed by atoms with E-state index in [-0.39, 0.29) is 16.9 Å². The normalized spacial score (nSPS) is 20.2. The first kappa shape index (κ1) is 17.0. The fraction of sp³-hybridized carbons (Fsp3) is 0.769. The summed E-state index contributed by atoms with van der Waals surface area (Å²) in [5, 5.41) is 8.74. The molecule has 0 spiro atoms. The van der Waals surface area contributed by atoms with E-state index in [1.807, 2.05) is 0 Å². The number of carbonyl (C=O) groups is 3. The number of likely N-dealkylation sites (tertiary alicyclic amines) is 1. The molecule has 0 aromatic carbocycles. The molecule has 0 aliphatic carbocycles. The Balaban J connectivity index is 2.19. The van der Waals surface area contributed by atoms with E-state index in [1.165, 1.54) is 18.7 Å². The third-order valence-electron chi connectivity index (χ3n) is 3.33. The van der Waals surface area contributed by atoms with Gasteiger partial charge in [-0.15, -0.1) is 0 Å². The lowest BCUT2D eigenvalue weighted by atomic mass is 10.1. The van der Waals surface area contributed by atoms with E-state index in [9.17, 15) is 14.4 Å². The fourth-order valence-corrected chi connectivity index (χ4v) is 2.90. The molecule has 1 heterocycles. The van der Waals surface area contributed by atoms with E-state index < -0.39 is 12.0 Å². The highest BCUT2D eigenvalue weighted by Gasteiger charge is 2.29. The molecule has 1 fully saturated rings. The van der Waals surface area contributed by atoms with Crippen LogP contribution < -0.4 is 5.73 Å². The maximum absolute atomic E-state index is 11.8. The van der Waals surface area contributed by atoms with Crippen LogP contribution in [0.25, 0.3) is 0 Å². The van der Waals surface area contributed by atoms with Crippen LogP contribution in [0.5, 0.6) is 0 Å². The van der Waals surface area contributed by atoms with Crippen LogP contribution in [0.4, 0.5) is 0 Å². The number of carboxylic acid groups (broad SMARTS) is 1. The molecule has 1 rings (SSSR count). The molecule has 0 saturated carbocycles. The number of unbranched alkanes of at least 4 members (excludes halogenated alkanes) is 1. The Bertz CT molecular complexity index is 375. The quantitative estimate of drug-likeness (QED) is 0.640. The van der Waals surface area contributed by atoms with Crippen molar-refractivity contribution in [2.24, 2.45) is 11.7 Å². The Morgan fingerprint density at radius 1 is 1.50 bits per heavy atom. The zero-order chi connectivity index (χ0) is 15.1. The van der Waals surface area contributed by atoms with E-state index in [0.717, 1.165) is 6.42 Å². The first-order valence-electron chi connectivity index (χ1n) is 6.79. The summed E-state index contributed by atoms with van der Waals surface area (Å²) >= 11 is 1.27. The van der Waals surface area contributed by atoms with Gasteiger partial charge in [0.05, 0.1) is 0 Å². The van der Waals surface area contributed by atoms with Crippen molar-refractivity contribution < 1.29 is 19.5 Å². The van der Waals surface area contributed by atoms with E-state index >= 15 is 0 Å². The first-order valence-corrected chi connectivity index (χ1v) is 7.78. The Hall–Kier alpha value is -1.08. The number of nitrogens with zero attached hydrogens (tertiary/aromatic N) is 1. The molecule has 1 aliphatic heterocycles. The fourth-order valence-electron chi connectivity index (χ4n) is 2.21. The second-order valence-electron chi connectivity index (χ2n) is 5.15. The summed E-state index contributed by atoms with van der Waals surface area (Å²) in [6, 6.07) is -0.816. The second-order valence-corrected chi connectivity index (χ2v) is 6.35. The van der Waals surface area contributed by atoms with E-state index in [1.54, 1.807) is 4.90 Å². The number of amides is 1. The van der Waals surface area contributed by atoms with Gasteiger partial charge in [0.1, 0.15) is 6.04 Å². The number of hydrogen-bond donors (Lipinski definition) is 2. The number of rotatable bonds is 8. The molecule has 0 bridgehead atoms. The highest BCUT2D eigenvalue weighted by atomic mass is 32.2. The minimum Gasteiger partial charge on any atom is -0.480 e. The zero-order valence-electron chi connectivity index (χ0n) is 11.7. The van der Waals surface area contributed by atoms with Gasteiger partial charge < -0.3 is 15.7 Å². The van der Waals surface area contributed by atoms with Crippen molar-refractivity contribution in [3.8, 4) is 0 Å². The van der Waals surface area contributed by atoms with Crippen LogP contribution in [-0.4, -0.2) is 51.9 Å². The van der Waals surface area contributed by atoms with Crippen molar-refractivity contribution in [2.45, 2.75) is 38.6 Å². The summed E-state index contributed by atoms with van der Waals surface area (Å²) in [5.41, 5.74) is 5.41. The highest BCUT2D eigenvalue weighted by Crippen LogP contribution is 2.22. The van der Waals surface area contributed by atoms with Gasteiger partial charge >= 0.3 is 5.97 Å². The maximum atomic E-state index is 11.8. The summed E-state index contributed by atoms with van der Waals surface area (Å²) in [6.45, 7) is 2.88. The number of hydrogen-bond acceptors (Lipinski definition) is 5. The summed E-state index contributed by atoms with van der Waals surface area (Å²) in [4.78, 5) is 35.0. The first-order chi connectivity index (χ1) is 9.40. The molecule has 2 unspecified atom stereocenters. The lowest BCUT2D eigenvalue weighted by Crippen LogP contribution is -2.30. The Morgan fingerprint density at radius 3 is 2.80 bits per heavy atom. The number of nitrogens with two attached hydrogens (primary N) is 1. The van der Waals surface area contributed by atoms with Crippen molar-refractivity contribution in [3.63, 3.8) is 0 Å². The molecule has 1 aliphatic rings. The number of carboxylic acids is 1. The smallest absolute Gasteiger partial charge is 0.320 e. The van der Waals surface area contributed by atoms with E-state index in [4.69, 9.17) is 10.8 Å². The van der Waals surface area contributed by atoms with Crippen LogP contribution in [0.1, 0.15) is 32.6 Å². The Morgan fingerprint density at radius 2 is 2.20 bits per heavy atom. The predicted octanol–water partition coefficient (Wildman–Crippen LogP) is 0.697. The number of thioether (sulfide) groups is 1. The van der Waals surface area contributed by atoms with Crippen molar-refractivity contribution in [1.82, 2.24) is 4.90 Å². The topological polar surface area (TPSA) is 101 Å². The minimum absolute atomic E-state index is 0.0820. The van der Waals surface area contributed by atoms with Crippen molar-refractivity contribution >= 4 is 28.8 Å². The molecule has 20 heavy (non-hydrogen) atoms. The molecule has 7 heteroatoms. The van der Waals surface area contributed by atoms with Gasteiger partial charge in [0.15, 0.2) is 5.12 Å². The third kappa shape index (κ3) is 5.92. The second kappa shape index (κ2) is 8.26. The summed E-state index contributed by atoms with van der Waals surface area (Å²) < 4.78 is 0. The molecule has 1 saturated heterocycles. The molecular formula is C13H22N2O4S. The van der Waals surface area contributed by atoms with Gasteiger partial charge in [0.2, 0.25) is 5.91 Å². The van der Waals surface area contributed by atoms with Gasteiger partial charge in [0.25, 0.3) is 0 Å². The van der Waals surface area contributed by atoms with Gasteiger partial charge in [-0.3, -0.25) is 14.4 Å². The lowest BCUT2D eigenvalue weighted by Gasteiger charge is -2.16. The molecule has 0 radical (unpaired) electrons. The van der Waals surface area contributed by atoms with Crippen LogP contribution in [-0.2, 0) is 14.4 Å². The van der Waals surface area contributed by atoms with Gasteiger partial charge in [-0.1, -0.05) is 11.8 Å². The molecule has 114 valence electrons. The maximum Gasteiger partial charge on any atom is 0.320 e. The van der Waals surface area contributed by atoms with Crippen LogP contribution in [0.15, 0.2) is 0 Å². The molecular weight excluding hydrogens is 280 g/mol. The van der Waals surface area contributed by atoms with Gasteiger partial charge in [-0.2, -0.15) is 0 Å². The number of aliphatic carboxylic acids is 1. The largest absolute Gasteiger partial charge is 0.480 e. The Labute approximate surface area is 123 Å². The summed E-state index contributed by atoms with van der Waals surface area (Å²) in [5.74, 6) is 0.0875. The molecule has 1 amide bonds. The highest BCUT2D eigenvalue weighted by molar-refractivity contribution is 8.13. The summed E-state index contributed by atoms with van der Waals surface area (Å²) in [6.07, 6.45) is 2.40. The standard InChI is InChI=1S/C13H22N2O4S/c1-9(16)20-8-10-6-12(17)15(7-10)5-3-2-4-11(14)13(18)19/h10-11H,2-8,14H2,1H3,(H,18,19). The molecule has 0 aromatic rings. The average molecular weight is 302 g/mol.